The molecule has 4 heteroatoms. The first kappa shape index (κ1) is 16.1. The summed E-state index contributed by atoms with van der Waals surface area (Å²) < 4.78 is 16.2. The number of benzene rings is 1. The van der Waals surface area contributed by atoms with Crippen LogP contribution >= 0.6 is 0 Å². The van der Waals surface area contributed by atoms with E-state index in [1.165, 1.54) is 5.56 Å². The minimum absolute atomic E-state index is 0.673. The number of ether oxygens (including phenoxy) is 1. The standard InChI is InChI=1S/C15H24O3Si/c1-4-14-7-9-15(10-8-14)13-18-11-5-6-12-19(16-2)17-3/h4,7-10,19H,1,5-6,11-13H2,2-3H3. The van der Waals surface area contributed by atoms with E-state index in [1.807, 2.05) is 6.08 Å². The van der Waals surface area contributed by atoms with Gasteiger partial charge in [0.25, 0.3) is 0 Å². The molecule has 106 valence electrons. The molecule has 0 aliphatic rings. The van der Waals surface area contributed by atoms with Crippen LogP contribution in [-0.4, -0.2) is 30.1 Å². The third-order valence-electron chi connectivity index (χ3n) is 2.99. The average molecular weight is 280 g/mol. The largest absolute Gasteiger partial charge is 0.400 e. The second kappa shape index (κ2) is 9.92. The smallest absolute Gasteiger partial charge is 0.320 e. The molecule has 1 aromatic carbocycles. The summed E-state index contributed by atoms with van der Waals surface area (Å²) in [6.45, 7) is 5.20. The van der Waals surface area contributed by atoms with Gasteiger partial charge in [0.1, 0.15) is 0 Å². The highest BCUT2D eigenvalue weighted by Gasteiger charge is 2.07. The highest BCUT2D eigenvalue weighted by Crippen LogP contribution is 2.08. The van der Waals surface area contributed by atoms with Gasteiger partial charge in [0.15, 0.2) is 0 Å². The summed E-state index contributed by atoms with van der Waals surface area (Å²) in [6.07, 6.45) is 4.01. The number of unbranched alkanes of at least 4 members (excludes halogenated alkanes) is 1. The van der Waals surface area contributed by atoms with Crippen molar-refractivity contribution < 1.29 is 13.6 Å². The molecule has 0 aliphatic heterocycles. The van der Waals surface area contributed by atoms with Crippen molar-refractivity contribution in [1.29, 1.82) is 0 Å². The van der Waals surface area contributed by atoms with Crippen molar-refractivity contribution in [3.63, 3.8) is 0 Å². The molecule has 0 fully saturated rings. The van der Waals surface area contributed by atoms with Gasteiger partial charge in [-0.2, -0.15) is 0 Å². The molecule has 0 heterocycles. The molecule has 0 unspecified atom stereocenters. The molecule has 1 rings (SSSR count). The fourth-order valence-corrected chi connectivity index (χ4v) is 3.07. The van der Waals surface area contributed by atoms with Crippen LogP contribution in [0, 0.1) is 0 Å². The summed E-state index contributed by atoms with van der Waals surface area (Å²) in [5, 5.41) is 0. The van der Waals surface area contributed by atoms with Crippen LogP contribution in [-0.2, 0) is 20.2 Å². The quantitative estimate of drug-likeness (QED) is 0.487. The fraction of sp³-hybridized carbons (Fsp3) is 0.467. The van der Waals surface area contributed by atoms with E-state index < -0.39 is 9.28 Å². The summed E-state index contributed by atoms with van der Waals surface area (Å²) in [5.74, 6) is 0. The Morgan fingerprint density at radius 1 is 1.11 bits per heavy atom. The molecule has 0 saturated heterocycles. The Balaban J connectivity index is 2.08. The van der Waals surface area contributed by atoms with Gasteiger partial charge in [0, 0.05) is 20.8 Å². The Morgan fingerprint density at radius 2 is 1.79 bits per heavy atom. The van der Waals surface area contributed by atoms with Crippen LogP contribution < -0.4 is 0 Å². The molecule has 0 spiro atoms. The van der Waals surface area contributed by atoms with Crippen LogP contribution in [0.2, 0.25) is 6.04 Å². The molecular formula is C15H24O3Si. The summed E-state index contributed by atoms with van der Waals surface area (Å²) in [7, 11) is 2.07. The van der Waals surface area contributed by atoms with Crippen LogP contribution in [0.3, 0.4) is 0 Å². The normalized spacial score (nSPS) is 10.9. The van der Waals surface area contributed by atoms with E-state index in [-0.39, 0.29) is 0 Å². The van der Waals surface area contributed by atoms with Crippen molar-refractivity contribution in [3.05, 3.63) is 42.0 Å². The third kappa shape index (κ3) is 6.68. The van der Waals surface area contributed by atoms with E-state index in [4.69, 9.17) is 13.6 Å². The molecular weight excluding hydrogens is 256 g/mol. The molecule has 0 saturated carbocycles. The number of rotatable bonds is 10. The topological polar surface area (TPSA) is 27.7 Å². The van der Waals surface area contributed by atoms with Gasteiger partial charge in [-0.25, -0.2) is 0 Å². The minimum Gasteiger partial charge on any atom is -0.400 e. The molecule has 1 aromatic rings. The van der Waals surface area contributed by atoms with Crippen LogP contribution in [0.4, 0.5) is 0 Å². The summed E-state index contributed by atoms with van der Waals surface area (Å²) in [5.41, 5.74) is 2.34. The lowest BCUT2D eigenvalue weighted by Gasteiger charge is -2.10. The lowest BCUT2D eigenvalue weighted by Crippen LogP contribution is -2.18. The van der Waals surface area contributed by atoms with Gasteiger partial charge in [-0.3, -0.25) is 0 Å². The van der Waals surface area contributed by atoms with E-state index in [0.29, 0.717) is 6.61 Å². The van der Waals surface area contributed by atoms with E-state index in [1.54, 1.807) is 14.2 Å². The van der Waals surface area contributed by atoms with Gasteiger partial charge >= 0.3 is 9.28 Å². The lowest BCUT2D eigenvalue weighted by molar-refractivity contribution is 0.117. The van der Waals surface area contributed by atoms with Gasteiger partial charge in [-0.05, 0) is 30.0 Å². The molecule has 0 aromatic heterocycles. The average Bonchev–Trinajstić information content (AvgIpc) is 2.47. The molecule has 0 radical (unpaired) electrons. The summed E-state index contributed by atoms with van der Waals surface area (Å²) in [6, 6.07) is 9.31. The van der Waals surface area contributed by atoms with Gasteiger partial charge < -0.3 is 13.6 Å². The minimum atomic E-state index is -1.38. The molecule has 19 heavy (non-hydrogen) atoms. The van der Waals surface area contributed by atoms with E-state index in [9.17, 15) is 0 Å². The highest BCUT2D eigenvalue weighted by atomic mass is 28.3. The Labute approximate surface area is 118 Å². The Bertz CT molecular complexity index is 347. The van der Waals surface area contributed by atoms with Gasteiger partial charge in [-0.15, -0.1) is 0 Å². The third-order valence-corrected chi connectivity index (χ3v) is 4.92. The van der Waals surface area contributed by atoms with Crippen LogP contribution in [0.15, 0.2) is 30.8 Å². The first-order valence-electron chi connectivity index (χ1n) is 6.65. The maximum absolute atomic E-state index is 5.65. The van der Waals surface area contributed by atoms with E-state index in [0.717, 1.165) is 31.1 Å². The zero-order valence-corrected chi connectivity index (χ0v) is 13.1. The zero-order chi connectivity index (χ0) is 13.9. The van der Waals surface area contributed by atoms with Gasteiger partial charge in [-0.1, -0.05) is 36.9 Å². The van der Waals surface area contributed by atoms with Crippen molar-refractivity contribution in [2.75, 3.05) is 20.8 Å². The monoisotopic (exact) mass is 280 g/mol. The first-order chi connectivity index (χ1) is 9.30. The molecule has 0 N–H and O–H groups in total. The lowest BCUT2D eigenvalue weighted by atomic mass is 10.1. The predicted octanol–water partition coefficient (Wildman–Crippen LogP) is 3.14. The second-order valence-electron chi connectivity index (χ2n) is 4.40. The fourth-order valence-electron chi connectivity index (χ4n) is 1.79. The Morgan fingerprint density at radius 3 is 2.37 bits per heavy atom. The summed E-state index contributed by atoms with van der Waals surface area (Å²) >= 11 is 0. The Kier molecular flexibility index (Phi) is 8.41. The van der Waals surface area contributed by atoms with E-state index in [2.05, 4.69) is 30.8 Å². The van der Waals surface area contributed by atoms with Crippen molar-refractivity contribution in [3.8, 4) is 0 Å². The zero-order valence-electron chi connectivity index (χ0n) is 11.9. The predicted molar refractivity (Wildman–Crippen MR) is 81.4 cm³/mol. The van der Waals surface area contributed by atoms with Crippen molar-refractivity contribution >= 4 is 15.4 Å². The van der Waals surface area contributed by atoms with E-state index >= 15 is 0 Å². The van der Waals surface area contributed by atoms with Crippen LogP contribution in [0.1, 0.15) is 24.0 Å². The second-order valence-corrected chi connectivity index (χ2v) is 6.77. The molecule has 0 atom stereocenters. The van der Waals surface area contributed by atoms with Gasteiger partial charge in [0.2, 0.25) is 0 Å². The maximum Gasteiger partial charge on any atom is 0.320 e. The van der Waals surface area contributed by atoms with Crippen molar-refractivity contribution in [1.82, 2.24) is 0 Å². The Hall–Kier alpha value is -0.943. The number of hydrogen-bond acceptors (Lipinski definition) is 3. The van der Waals surface area contributed by atoms with Crippen molar-refractivity contribution in [2.45, 2.75) is 25.5 Å². The van der Waals surface area contributed by atoms with Crippen LogP contribution in [0.25, 0.3) is 6.08 Å². The van der Waals surface area contributed by atoms with Crippen LogP contribution in [0.5, 0.6) is 0 Å². The summed E-state index contributed by atoms with van der Waals surface area (Å²) in [4.78, 5) is 0. The SMILES string of the molecule is C=Cc1ccc(COCCCC[SiH](OC)OC)cc1. The molecule has 0 aliphatic carbocycles. The van der Waals surface area contributed by atoms with Gasteiger partial charge in [0.05, 0.1) is 6.61 Å². The van der Waals surface area contributed by atoms with Crippen molar-refractivity contribution in [2.24, 2.45) is 0 Å². The molecule has 0 bridgehead atoms. The molecule has 3 nitrogen and oxygen atoms in total. The highest BCUT2D eigenvalue weighted by molar-refractivity contribution is 6.44. The first-order valence-corrected chi connectivity index (χ1v) is 8.40. The number of hydrogen-bond donors (Lipinski definition) is 0. The molecule has 0 amide bonds. The maximum atomic E-state index is 5.65.